The molecule has 124 valence electrons. The summed E-state index contributed by atoms with van der Waals surface area (Å²) in [4.78, 5) is 4.59. The zero-order valence-corrected chi connectivity index (χ0v) is 15.0. The van der Waals surface area contributed by atoms with Gasteiger partial charge < -0.3 is 5.73 Å². The highest BCUT2D eigenvalue weighted by Gasteiger charge is 2.26. The second-order valence-corrected chi connectivity index (χ2v) is 7.10. The quantitative estimate of drug-likeness (QED) is 0.727. The molecule has 2 rings (SSSR count). The fourth-order valence-electron chi connectivity index (χ4n) is 3.01. The van der Waals surface area contributed by atoms with Gasteiger partial charge in [-0.05, 0) is 86.8 Å². The van der Waals surface area contributed by atoms with E-state index in [9.17, 15) is 0 Å². The first-order chi connectivity index (χ1) is 10.9. The van der Waals surface area contributed by atoms with E-state index in [-0.39, 0.29) is 0 Å². The van der Waals surface area contributed by atoms with Crippen molar-refractivity contribution in [1.82, 2.24) is 0 Å². The number of benzene rings is 1. The molecule has 1 aromatic carbocycles. The van der Waals surface area contributed by atoms with Crippen LogP contribution in [0.1, 0.15) is 63.6 Å². The highest BCUT2D eigenvalue weighted by atomic mass is 14.7. The van der Waals surface area contributed by atoms with Crippen molar-refractivity contribution in [3.8, 4) is 0 Å². The number of nitrogens with zero attached hydrogens (tertiary/aromatic N) is 1. The van der Waals surface area contributed by atoms with Crippen LogP contribution in [-0.4, -0.2) is 11.8 Å². The minimum Gasteiger partial charge on any atom is -0.328 e. The van der Waals surface area contributed by atoms with Crippen LogP contribution in [0, 0.1) is 5.92 Å². The van der Waals surface area contributed by atoms with Gasteiger partial charge in [0.2, 0.25) is 0 Å². The average Bonchev–Trinajstić information content (AvgIpc) is 2.49. The van der Waals surface area contributed by atoms with Crippen LogP contribution < -0.4 is 5.73 Å². The SMILES string of the molecule is C=C(CC)c1cc(CC2CC(N)C2)cc(/C(C)=N/C=C(C)C)c1. The summed E-state index contributed by atoms with van der Waals surface area (Å²) in [5, 5.41) is 0. The van der Waals surface area contributed by atoms with Gasteiger partial charge in [0.1, 0.15) is 0 Å². The first kappa shape index (κ1) is 17.7. The second kappa shape index (κ2) is 7.74. The smallest absolute Gasteiger partial charge is 0.0445 e. The lowest BCUT2D eigenvalue weighted by Crippen LogP contribution is -2.37. The first-order valence-electron chi connectivity index (χ1n) is 8.64. The molecular weight excluding hydrogens is 280 g/mol. The van der Waals surface area contributed by atoms with E-state index in [0.717, 1.165) is 37.3 Å². The van der Waals surface area contributed by atoms with Crippen LogP contribution in [0.4, 0.5) is 0 Å². The molecule has 1 aromatic rings. The van der Waals surface area contributed by atoms with Gasteiger partial charge in [-0.2, -0.15) is 0 Å². The minimum atomic E-state index is 0.411. The molecule has 0 bridgehead atoms. The van der Waals surface area contributed by atoms with Crippen LogP contribution in [0.2, 0.25) is 0 Å². The van der Waals surface area contributed by atoms with Crippen LogP contribution >= 0.6 is 0 Å². The van der Waals surface area contributed by atoms with Gasteiger partial charge in [0.15, 0.2) is 0 Å². The van der Waals surface area contributed by atoms with Crippen molar-refractivity contribution in [1.29, 1.82) is 0 Å². The molecule has 1 aliphatic carbocycles. The molecule has 2 nitrogen and oxygen atoms in total. The Hall–Kier alpha value is -1.67. The number of allylic oxidation sites excluding steroid dienone is 2. The maximum Gasteiger partial charge on any atom is 0.0445 e. The van der Waals surface area contributed by atoms with E-state index >= 15 is 0 Å². The Balaban J connectivity index is 2.31. The molecule has 0 unspecified atom stereocenters. The van der Waals surface area contributed by atoms with E-state index in [1.807, 2.05) is 6.20 Å². The Morgan fingerprint density at radius 1 is 1.22 bits per heavy atom. The average molecular weight is 310 g/mol. The van der Waals surface area contributed by atoms with Gasteiger partial charge in [0, 0.05) is 18.0 Å². The molecule has 0 aliphatic heterocycles. The van der Waals surface area contributed by atoms with Crippen molar-refractivity contribution < 1.29 is 0 Å². The lowest BCUT2D eigenvalue weighted by molar-refractivity contribution is 0.264. The van der Waals surface area contributed by atoms with E-state index in [0.29, 0.717) is 6.04 Å². The Bertz CT molecular complexity index is 627. The minimum absolute atomic E-state index is 0.411. The van der Waals surface area contributed by atoms with Crippen molar-refractivity contribution in [3.05, 3.63) is 53.2 Å². The molecule has 1 aliphatic rings. The van der Waals surface area contributed by atoms with E-state index in [4.69, 9.17) is 5.73 Å². The molecule has 0 heterocycles. The predicted octanol–water partition coefficient (Wildman–Crippen LogP) is 5.12. The van der Waals surface area contributed by atoms with Gasteiger partial charge in [0.05, 0.1) is 0 Å². The summed E-state index contributed by atoms with van der Waals surface area (Å²) in [5.41, 5.74) is 13.2. The van der Waals surface area contributed by atoms with Crippen molar-refractivity contribution >= 4 is 11.3 Å². The van der Waals surface area contributed by atoms with Crippen molar-refractivity contribution in [3.63, 3.8) is 0 Å². The Kier molecular flexibility index (Phi) is 5.95. The number of nitrogens with two attached hydrogens (primary N) is 1. The zero-order valence-electron chi connectivity index (χ0n) is 15.0. The van der Waals surface area contributed by atoms with E-state index in [1.54, 1.807) is 0 Å². The third kappa shape index (κ3) is 4.90. The molecule has 23 heavy (non-hydrogen) atoms. The summed E-state index contributed by atoms with van der Waals surface area (Å²) >= 11 is 0. The fraction of sp³-hybridized carbons (Fsp3) is 0.476. The highest BCUT2D eigenvalue weighted by Crippen LogP contribution is 2.30. The molecule has 1 fully saturated rings. The number of aliphatic imine (C=N–C) groups is 1. The molecule has 0 spiro atoms. The Morgan fingerprint density at radius 3 is 2.43 bits per heavy atom. The second-order valence-electron chi connectivity index (χ2n) is 7.10. The molecule has 2 heteroatoms. The molecule has 2 N–H and O–H groups in total. The molecular formula is C21H30N2. The van der Waals surface area contributed by atoms with Crippen molar-refractivity contribution in [2.45, 2.75) is 59.4 Å². The molecule has 1 saturated carbocycles. The largest absolute Gasteiger partial charge is 0.328 e. The van der Waals surface area contributed by atoms with Crippen LogP contribution in [0.5, 0.6) is 0 Å². The van der Waals surface area contributed by atoms with Gasteiger partial charge in [-0.1, -0.05) is 25.1 Å². The van der Waals surface area contributed by atoms with Gasteiger partial charge in [-0.15, -0.1) is 0 Å². The maximum atomic E-state index is 5.93. The summed E-state index contributed by atoms with van der Waals surface area (Å²) in [7, 11) is 0. The standard InChI is InChI=1S/C21H30N2/c1-6-15(4)19-8-17(7-18-10-21(22)11-18)9-20(12-19)16(5)23-13-14(2)3/h8-9,12-13,18,21H,4,6-7,10-11,22H2,1-3,5H3/b23-16+. The third-order valence-electron chi connectivity index (χ3n) is 4.56. The lowest BCUT2D eigenvalue weighted by Gasteiger charge is -2.32. The van der Waals surface area contributed by atoms with Crippen LogP contribution in [0.3, 0.4) is 0 Å². The summed E-state index contributed by atoms with van der Waals surface area (Å²) < 4.78 is 0. The highest BCUT2D eigenvalue weighted by molar-refractivity contribution is 6.00. The molecule has 0 saturated heterocycles. The normalized spacial score (nSPS) is 20.8. The molecule has 0 radical (unpaired) electrons. The zero-order chi connectivity index (χ0) is 17.0. The Labute approximate surface area is 141 Å². The molecule has 0 atom stereocenters. The summed E-state index contributed by atoms with van der Waals surface area (Å²) in [6.07, 6.45) is 6.32. The maximum absolute atomic E-state index is 5.93. The Morgan fingerprint density at radius 2 is 1.87 bits per heavy atom. The monoisotopic (exact) mass is 310 g/mol. The third-order valence-corrected chi connectivity index (χ3v) is 4.56. The molecule has 0 amide bonds. The summed E-state index contributed by atoms with van der Waals surface area (Å²) in [6.45, 7) is 12.6. The summed E-state index contributed by atoms with van der Waals surface area (Å²) in [5.74, 6) is 0.734. The van der Waals surface area contributed by atoms with Gasteiger partial charge >= 0.3 is 0 Å². The van der Waals surface area contributed by atoms with Crippen LogP contribution in [-0.2, 0) is 6.42 Å². The van der Waals surface area contributed by atoms with Crippen LogP contribution in [0.25, 0.3) is 5.57 Å². The van der Waals surface area contributed by atoms with E-state index in [1.165, 1.54) is 27.8 Å². The predicted molar refractivity (Wildman–Crippen MR) is 102 cm³/mol. The van der Waals surface area contributed by atoms with Gasteiger partial charge in [-0.3, -0.25) is 4.99 Å². The fourth-order valence-corrected chi connectivity index (χ4v) is 3.01. The number of rotatable bonds is 6. The van der Waals surface area contributed by atoms with E-state index in [2.05, 4.69) is 57.5 Å². The summed E-state index contributed by atoms with van der Waals surface area (Å²) in [6, 6.07) is 7.22. The van der Waals surface area contributed by atoms with Crippen molar-refractivity contribution in [2.24, 2.45) is 16.6 Å². The molecule has 0 aromatic heterocycles. The lowest BCUT2D eigenvalue weighted by atomic mass is 9.77. The van der Waals surface area contributed by atoms with Crippen LogP contribution in [0.15, 0.2) is 41.5 Å². The number of hydrogen-bond donors (Lipinski definition) is 1. The first-order valence-corrected chi connectivity index (χ1v) is 8.64. The van der Waals surface area contributed by atoms with Gasteiger partial charge in [-0.25, -0.2) is 0 Å². The van der Waals surface area contributed by atoms with Crippen molar-refractivity contribution in [2.75, 3.05) is 0 Å². The number of hydrogen-bond acceptors (Lipinski definition) is 2. The van der Waals surface area contributed by atoms with Gasteiger partial charge in [0.25, 0.3) is 0 Å². The topological polar surface area (TPSA) is 38.4 Å². The van der Waals surface area contributed by atoms with E-state index < -0.39 is 0 Å².